The molecule has 1 aromatic heterocycles. The summed E-state index contributed by atoms with van der Waals surface area (Å²) >= 11 is 0. The van der Waals surface area contributed by atoms with Crippen molar-refractivity contribution in [1.29, 1.82) is 0 Å². The minimum Gasteiger partial charge on any atom is -0.369 e. The van der Waals surface area contributed by atoms with Crippen molar-refractivity contribution in [3.8, 4) is 0 Å². The second-order valence-corrected chi connectivity index (χ2v) is 6.99. The molecule has 2 amide bonds. The number of aromatic nitrogens is 1. The Morgan fingerprint density at radius 2 is 1.71 bits per heavy atom. The molecule has 0 atom stereocenters. The van der Waals surface area contributed by atoms with Crippen molar-refractivity contribution in [2.45, 2.75) is 26.7 Å². The van der Waals surface area contributed by atoms with Gasteiger partial charge in [-0.2, -0.15) is 0 Å². The number of carbonyl (C=O) groups is 2. The molecule has 150 valence electrons. The van der Waals surface area contributed by atoms with Crippen LogP contribution in [0.2, 0.25) is 0 Å². The van der Waals surface area contributed by atoms with Gasteiger partial charge in [-0.15, -0.1) is 0 Å². The minimum atomic E-state index is -0.292. The number of hydrogen-bond donors (Lipinski definition) is 2. The number of nitrogens with zero attached hydrogens (tertiary/aromatic N) is 3. The van der Waals surface area contributed by atoms with E-state index >= 15 is 0 Å². The predicted octanol–water partition coefficient (Wildman–Crippen LogP) is 1.19. The first-order valence-corrected chi connectivity index (χ1v) is 9.54. The number of anilines is 1. The maximum absolute atomic E-state index is 12.0. The summed E-state index contributed by atoms with van der Waals surface area (Å²) in [5.74, 6) is 0.130. The summed E-state index contributed by atoms with van der Waals surface area (Å²) in [4.78, 5) is 28.6. The zero-order valence-corrected chi connectivity index (χ0v) is 16.4. The Labute approximate surface area is 164 Å². The number of hydrogen-bond acceptors (Lipinski definition) is 6. The zero-order chi connectivity index (χ0) is 19.9. The fourth-order valence-electron chi connectivity index (χ4n) is 3.29. The van der Waals surface area contributed by atoms with Crippen LogP contribution in [-0.4, -0.2) is 54.6 Å². The van der Waals surface area contributed by atoms with Gasteiger partial charge in [0.05, 0.1) is 12.1 Å². The summed E-state index contributed by atoms with van der Waals surface area (Å²) < 4.78 is 5.04. The molecule has 1 aliphatic rings. The van der Waals surface area contributed by atoms with Gasteiger partial charge in [0.15, 0.2) is 0 Å². The van der Waals surface area contributed by atoms with Crippen LogP contribution < -0.4 is 15.8 Å². The van der Waals surface area contributed by atoms with Gasteiger partial charge in [0.1, 0.15) is 5.76 Å². The molecule has 2 N–H and O–H groups in total. The molecule has 0 aliphatic carbocycles. The molecule has 8 heteroatoms. The number of nitrogens with one attached hydrogen (secondary N) is 2. The Kier molecular flexibility index (Phi) is 6.65. The predicted molar refractivity (Wildman–Crippen MR) is 106 cm³/mol. The van der Waals surface area contributed by atoms with Crippen LogP contribution in [0.4, 0.5) is 5.69 Å². The molecule has 0 saturated carbocycles. The van der Waals surface area contributed by atoms with Crippen molar-refractivity contribution in [1.82, 2.24) is 20.9 Å². The van der Waals surface area contributed by atoms with E-state index in [4.69, 9.17) is 4.52 Å². The summed E-state index contributed by atoms with van der Waals surface area (Å²) in [5, 5.41) is 3.82. The molecular weight excluding hydrogens is 358 g/mol. The van der Waals surface area contributed by atoms with E-state index in [2.05, 4.69) is 37.9 Å². The van der Waals surface area contributed by atoms with Gasteiger partial charge in [-0.1, -0.05) is 23.4 Å². The number of hydrazine groups is 1. The third kappa shape index (κ3) is 5.32. The van der Waals surface area contributed by atoms with Gasteiger partial charge in [0, 0.05) is 50.4 Å². The number of carbonyl (C=O) groups excluding carboxylic acids is 2. The maximum Gasteiger partial charge on any atom is 0.243 e. The van der Waals surface area contributed by atoms with Crippen molar-refractivity contribution >= 4 is 17.5 Å². The Hall–Kier alpha value is -2.87. The molecule has 1 saturated heterocycles. The van der Waals surface area contributed by atoms with Gasteiger partial charge in [-0.05, 0) is 26.0 Å². The first-order valence-electron chi connectivity index (χ1n) is 9.54. The van der Waals surface area contributed by atoms with Crippen LogP contribution in [-0.2, 0) is 16.0 Å². The van der Waals surface area contributed by atoms with Crippen molar-refractivity contribution in [3.63, 3.8) is 0 Å². The molecule has 2 heterocycles. The van der Waals surface area contributed by atoms with Crippen molar-refractivity contribution in [2.24, 2.45) is 0 Å². The molecule has 2 aromatic rings. The van der Waals surface area contributed by atoms with E-state index in [1.165, 1.54) is 5.69 Å². The van der Waals surface area contributed by atoms with Crippen LogP contribution in [0.5, 0.6) is 0 Å². The van der Waals surface area contributed by atoms with Crippen LogP contribution in [0, 0.1) is 13.8 Å². The number of benzene rings is 1. The average Bonchev–Trinajstić information content (AvgIpc) is 3.04. The monoisotopic (exact) mass is 385 g/mol. The summed E-state index contributed by atoms with van der Waals surface area (Å²) in [6.45, 7) is 7.95. The van der Waals surface area contributed by atoms with E-state index in [9.17, 15) is 9.59 Å². The quantitative estimate of drug-likeness (QED) is 0.726. The van der Waals surface area contributed by atoms with E-state index in [1.54, 1.807) is 13.8 Å². The smallest absolute Gasteiger partial charge is 0.243 e. The Bertz CT molecular complexity index is 778. The number of amides is 2. The molecule has 0 spiro atoms. The molecule has 1 fully saturated rings. The van der Waals surface area contributed by atoms with E-state index in [0.29, 0.717) is 24.4 Å². The molecule has 1 aromatic carbocycles. The summed E-state index contributed by atoms with van der Waals surface area (Å²) in [7, 11) is 0. The maximum atomic E-state index is 12.0. The van der Waals surface area contributed by atoms with E-state index in [0.717, 1.165) is 31.7 Å². The lowest BCUT2D eigenvalue weighted by atomic mass is 10.1. The summed E-state index contributed by atoms with van der Waals surface area (Å²) in [5.41, 5.74) is 7.62. The summed E-state index contributed by atoms with van der Waals surface area (Å²) in [6, 6.07) is 10.4. The molecular formula is C20H27N5O3. The average molecular weight is 385 g/mol. The van der Waals surface area contributed by atoms with Crippen LogP contribution in [0.1, 0.15) is 23.4 Å². The van der Waals surface area contributed by atoms with Crippen molar-refractivity contribution in [2.75, 3.05) is 37.6 Å². The highest BCUT2D eigenvalue weighted by Gasteiger charge is 2.18. The lowest BCUT2D eigenvalue weighted by Gasteiger charge is -2.36. The lowest BCUT2D eigenvalue weighted by molar-refractivity contribution is -0.128. The number of para-hydroxylation sites is 1. The molecule has 0 bridgehead atoms. The number of aryl methyl sites for hydroxylation is 2. The van der Waals surface area contributed by atoms with Gasteiger partial charge >= 0.3 is 0 Å². The van der Waals surface area contributed by atoms with E-state index in [-0.39, 0.29) is 18.2 Å². The fourth-order valence-corrected chi connectivity index (χ4v) is 3.29. The van der Waals surface area contributed by atoms with Crippen molar-refractivity contribution < 1.29 is 14.1 Å². The minimum absolute atomic E-state index is 0.128. The topological polar surface area (TPSA) is 90.7 Å². The Morgan fingerprint density at radius 1 is 1.04 bits per heavy atom. The summed E-state index contributed by atoms with van der Waals surface area (Å²) in [6.07, 6.45) is 0.472. The Morgan fingerprint density at radius 3 is 2.36 bits per heavy atom. The number of rotatable bonds is 6. The second kappa shape index (κ2) is 9.36. The fraction of sp³-hybridized carbons (Fsp3) is 0.450. The van der Waals surface area contributed by atoms with Crippen LogP contribution >= 0.6 is 0 Å². The first-order chi connectivity index (χ1) is 13.5. The molecule has 8 nitrogen and oxygen atoms in total. The zero-order valence-electron chi connectivity index (χ0n) is 16.4. The van der Waals surface area contributed by atoms with Gasteiger partial charge in [-0.3, -0.25) is 25.3 Å². The number of piperazine rings is 1. The van der Waals surface area contributed by atoms with Gasteiger partial charge in [-0.25, -0.2) is 0 Å². The van der Waals surface area contributed by atoms with Gasteiger partial charge in [0.2, 0.25) is 11.8 Å². The van der Waals surface area contributed by atoms with E-state index in [1.807, 2.05) is 18.2 Å². The Balaban J connectivity index is 1.33. The highest BCUT2D eigenvalue weighted by atomic mass is 16.5. The normalized spacial score (nSPS) is 14.7. The van der Waals surface area contributed by atoms with Crippen LogP contribution in [0.15, 0.2) is 34.9 Å². The first kappa shape index (κ1) is 19.9. The van der Waals surface area contributed by atoms with Gasteiger partial charge < -0.3 is 9.42 Å². The molecule has 3 rings (SSSR count). The van der Waals surface area contributed by atoms with Gasteiger partial charge in [0.25, 0.3) is 0 Å². The standard InChI is InChI=1S/C20H27N5O3/c1-15-18(16(2)28-23-15)14-20(27)22-21-19(26)8-9-24-10-12-25(13-11-24)17-6-4-3-5-7-17/h3-7H,8-14H2,1-2H3,(H,21,26)(H,22,27). The van der Waals surface area contributed by atoms with Crippen LogP contribution in [0.3, 0.4) is 0 Å². The molecule has 28 heavy (non-hydrogen) atoms. The molecule has 1 aliphatic heterocycles. The lowest BCUT2D eigenvalue weighted by Crippen LogP contribution is -2.48. The largest absolute Gasteiger partial charge is 0.369 e. The highest BCUT2D eigenvalue weighted by molar-refractivity contribution is 5.83. The van der Waals surface area contributed by atoms with E-state index < -0.39 is 0 Å². The molecule has 0 unspecified atom stereocenters. The third-order valence-electron chi connectivity index (χ3n) is 5.01. The SMILES string of the molecule is Cc1noc(C)c1CC(=O)NNC(=O)CCN1CCN(c2ccccc2)CC1. The van der Waals surface area contributed by atoms with Crippen molar-refractivity contribution in [3.05, 3.63) is 47.3 Å². The molecule has 0 radical (unpaired) electrons. The second-order valence-electron chi connectivity index (χ2n) is 6.99. The van der Waals surface area contributed by atoms with Crippen LogP contribution in [0.25, 0.3) is 0 Å². The highest BCUT2D eigenvalue weighted by Crippen LogP contribution is 2.15. The third-order valence-corrected chi connectivity index (χ3v) is 5.01.